The minimum Gasteiger partial charge on any atom is -0.465 e. The average Bonchev–Trinajstić information content (AvgIpc) is 2.41. The Labute approximate surface area is 121 Å². The van der Waals surface area contributed by atoms with Crippen LogP contribution in [-0.2, 0) is 4.79 Å². The van der Waals surface area contributed by atoms with Crippen molar-refractivity contribution in [2.45, 2.75) is 31.7 Å². The molecular formula is C13H16ClN3O3. The lowest BCUT2D eigenvalue weighted by molar-refractivity contribution is -0.120. The van der Waals surface area contributed by atoms with E-state index in [0.717, 1.165) is 0 Å². The van der Waals surface area contributed by atoms with E-state index in [2.05, 4.69) is 15.6 Å². The highest BCUT2D eigenvalue weighted by atomic mass is 35.5. The van der Waals surface area contributed by atoms with E-state index >= 15 is 0 Å². The fourth-order valence-corrected chi connectivity index (χ4v) is 2.53. The van der Waals surface area contributed by atoms with Crippen LogP contribution in [0.25, 0.3) is 0 Å². The third-order valence-electron chi connectivity index (χ3n) is 3.45. The van der Waals surface area contributed by atoms with Gasteiger partial charge in [0, 0.05) is 18.2 Å². The fourth-order valence-electron chi connectivity index (χ4n) is 2.38. The van der Waals surface area contributed by atoms with Crippen LogP contribution in [0.4, 0.5) is 10.5 Å². The molecule has 0 unspecified atom stereocenters. The second-order valence-corrected chi connectivity index (χ2v) is 5.25. The number of amides is 2. The maximum atomic E-state index is 12.1. The molecule has 6 nitrogen and oxygen atoms in total. The molecule has 0 spiro atoms. The van der Waals surface area contributed by atoms with Gasteiger partial charge in [-0.15, -0.1) is 0 Å². The molecule has 1 aromatic heterocycles. The number of aromatic nitrogens is 1. The molecule has 0 atom stereocenters. The maximum absolute atomic E-state index is 12.1. The lowest BCUT2D eigenvalue weighted by atomic mass is 9.85. The Morgan fingerprint density at radius 3 is 2.60 bits per heavy atom. The van der Waals surface area contributed by atoms with Crippen LogP contribution in [0.2, 0.25) is 5.02 Å². The molecule has 0 radical (unpaired) electrons. The van der Waals surface area contributed by atoms with Crippen LogP contribution in [0.5, 0.6) is 0 Å². The first kappa shape index (κ1) is 14.6. The summed E-state index contributed by atoms with van der Waals surface area (Å²) in [6.45, 7) is 0. The van der Waals surface area contributed by atoms with Crippen LogP contribution < -0.4 is 10.6 Å². The van der Waals surface area contributed by atoms with Crippen molar-refractivity contribution in [1.82, 2.24) is 10.3 Å². The Morgan fingerprint density at radius 1 is 1.30 bits per heavy atom. The number of nitrogens with zero attached hydrogens (tertiary/aromatic N) is 1. The van der Waals surface area contributed by atoms with Crippen molar-refractivity contribution < 1.29 is 14.7 Å². The van der Waals surface area contributed by atoms with E-state index in [4.69, 9.17) is 16.7 Å². The standard InChI is InChI=1S/C13H16ClN3O3/c14-10-5-6-15-7-11(10)17-12(18)8-1-3-9(4-2-8)16-13(19)20/h5-9,16H,1-4H2,(H,17,18)(H,19,20)/t8-,9-. The van der Waals surface area contributed by atoms with E-state index in [9.17, 15) is 9.59 Å². The monoisotopic (exact) mass is 297 g/mol. The number of hydrogen-bond acceptors (Lipinski definition) is 3. The molecule has 1 aliphatic rings. The summed E-state index contributed by atoms with van der Waals surface area (Å²) in [5.41, 5.74) is 0.505. The van der Waals surface area contributed by atoms with Crippen molar-refractivity contribution in [1.29, 1.82) is 0 Å². The van der Waals surface area contributed by atoms with Gasteiger partial charge in [-0.2, -0.15) is 0 Å². The molecule has 7 heteroatoms. The number of nitrogens with one attached hydrogen (secondary N) is 2. The van der Waals surface area contributed by atoms with Gasteiger partial charge < -0.3 is 15.7 Å². The zero-order valence-corrected chi connectivity index (χ0v) is 11.6. The highest BCUT2D eigenvalue weighted by Crippen LogP contribution is 2.27. The zero-order chi connectivity index (χ0) is 14.5. The van der Waals surface area contributed by atoms with Crippen molar-refractivity contribution in [3.63, 3.8) is 0 Å². The van der Waals surface area contributed by atoms with Gasteiger partial charge in [-0.05, 0) is 31.7 Å². The summed E-state index contributed by atoms with van der Waals surface area (Å²) in [7, 11) is 0. The van der Waals surface area contributed by atoms with Gasteiger partial charge in [0.1, 0.15) is 0 Å². The van der Waals surface area contributed by atoms with Gasteiger partial charge >= 0.3 is 6.09 Å². The first-order valence-electron chi connectivity index (χ1n) is 6.46. The quantitative estimate of drug-likeness (QED) is 0.799. The highest BCUT2D eigenvalue weighted by molar-refractivity contribution is 6.33. The molecule has 108 valence electrons. The molecule has 2 rings (SSSR count). The Morgan fingerprint density at radius 2 is 2.00 bits per heavy atom. The number of anilines is 1. The highest BCUT2D eigenvalue weighted by Gasteiger charge is 2.27. The van der Waals surface area contributed by atoms with E-state index in [1.807, 2.05) is 0 Å². The van der Waals surface area contributed by atoms with Gasteiger partial charge in [-0.1, -0.05) is 11.6 Å². The summed E-state index contributed by atoms with van der Waals surface area (Å²) in [5, 5.41) is 14.3. The van der Waals surface area contributed by atoms with Crippen molar-refractivity contribution in [3.8, 4) is 0 Å². The summed E-state index contributed by atoms with van der Waals surface area (Å²) in [4.78, 5) is 26.6. The van der Waals surface area contributed by atoms with Gasteiger partial charge in [0.15, 0.2) is 0 Å². The molecular weight excluding hydrogens is 282 g/mol. The van der Waals surface area contributed by atoms with E-state index < -0.39 is 6.09 Å². The van der Waals surface area contributed by atoms with Crippen molar-refractivity contribution in [3.05, 3.63) is 23.5 Å². The Balaban J connectivity index is 1.86. The van der Waals surface area contributed by atoms with E-state index in [0.29, 0.717) is 36.4 Å². The first-order chi connectivity index (χ1) is 9.56. The van der Waals surface area contributed by atoms with Crippen LogP contribution in [0.3, 0.4) is 0 Å². The van der Waals surface area contributed by atoms with Crippen LogP contribution in [-0.4, -0.2) is 28.1 Å². The topological polar surface area (TPSA) is 91.3 Å². The SMILES string of the molecule is O=C(O)N[C@H]1CC[C@H](C(=O)Nc2cnccc2Cl)CC1. The summed E-state index contributed by atoms with van der Waals surface area (Å²) in [6.07, 6.45) is 4.72. The van der Waals surface area contributed by atoms with Crippen LogP contribution in [0.15, 0.2) is 18.5 Å². The number of rotatable bonds is 3. The summed E-state index contributed by atoms with van der Waals surface area (Å²) < 4.78 is 0. The lowest BCUT2D eigenvalue weighted by Gasteiger charge is -2.27. The molecule has 3 N–H and O–H groups in total. The molecule has 1 fully saturated rings. The van der Waals surface area contributed by atoms with Crippen molar-refractivity contribution >= 4 is 29.3 Å². The number of carbonyl (C=O) groups is 2. The number of pyridine rings is 1. The predicted molar refractivity (Wildman–Crippen MR) is 74.8 cm³/mol. The molecule has 2 amide bonds. The largest absolute Gasteiger partial charge is 0.465 e. The van der Waals surface area contributed by atoms with Crippen LogP contribution >= 0.6 is 11.6 Å². The smallest absolute Gasteiger partial charge is 0.404 e. The van der Waals surface area contributed by atoms with E-state index in [-0.39, 0.29) is 17.9 Å². The van der Waals surface area contributed by atoms with Crippen LogP contribution in [0.1, 0.15) is 25.7 Å². The Kier molecular flexibility index (Phi) is 4.79. The minimum absolute atomic E-state index is 0.0569. The minimum atomic E-state index is -1.01. The van der Waals surface area contributed by atoms with Crippen LogP contribution in [0, 0.1) is 5.92 Å². The molecule has 1 aliphatic carbocycles. The third kappa shape index (κ3) is 3.84. The second-order valence-electron chi connectivity index (χ2n) is 4.84. The Bertz CT molecular complexity index is 501. The summed E-state index contributed by atoms with van der Waals surface area (Å²) >= 11 is 5.96. The molecule has 0 aliphatic heterocycles. The number of hydrogen-bond donors (Lipinski definition) is 3. The number of carboxylic acid groups (broad SMARTS) is 1. The zero-order valence-electron chi connectivity index (χ0n) is 10.8. The number of carbonyl (C=O) groups excluding carboxylic acids is 1. The van der Waals surface area contributed by atoms with Gasteiger partial charge in [-0.3, -0.25) is 9.78 Å². The van der Waals surface area contributed by atoms with Gasteiger partial charge in [-0.25, -0.2) is 4.79 Å². The molecule has 1 heterocycles. The molecule has 20 heavy (non-hydrogen) atoms. The Hall–Kier alpha value is -1.82. The summed E-state index contributed by atoms with van der Waals surface area (Å²) in [6, 6.07) is 1.56. The van der Waals surface area contributed by atoms with Gasteiger partial charge in [0.25, 0.3) is 0 Å². The normalized spacial score (nSPS) is 22.1. The van der Waals surface area contributed by atoms with E-state index in [1.54, 1.807) is 12.3 Å². The van der Waals surface area contributed by atoms with E-state index in [1.165, 1.54) is 6.20 Å². The number of halogens is 1. The molecule has 0 aromatic carbocycles. The van der Waals surface area contributed by atoms with Crippen molar-refractivity contribution in [2.24, 2.45) is 5.92 Å². The van der Waals surface area contributed by atoms with Gasteiger partial charge in [0.2, 0.25) is 5.91 Å². The lowest BCUT2D eigenvalue weighted by Crippen LogP contribution is -2.38. The molecule has 0 bridgehead atoms. The summed E-state index contributed by atoms with van der Waals surface area (Å²) in [5.74, 6) is -0.202. The maximum Gasteiger partial charge on any atom is 0.404 e. The molecule has 0 saturated heterocycles. The third-order valence-corrected chi connectivity index (χ3v) is 3.78. The first-order valence-corrected chi connectivity index (χ1v) is 6.84. The molecule has 1 aromatic rings. The molecule has 1 saturated carbocycles. The van der Waals surface area contributed by atoms with Gasteiger partial charge in [0.05, 0.1) is 16.9 Å². The van der Waals surface area contributed by atoms with Crippen molar-refractivity contribution in [2.75, 3.05) is 5.32 Å². The second kappa shape index (κ2) is 6.56. The fraction of sp³-hybridized carbons (Fsp3) is 0.462. The average molecular weight is 298 g/mol. The predicted octanol–water partition coefficient (Wildman–Crippen LogP) is 2.50.